The third-order valence-corrected chi connectivity index (χ3v) is 5.01. The summed E-state index contributed by atoms with van der Waals surface area (Å²) in [5.74, 6) is 0.211. The first kappa shape index (κ1) is 19.2. The number of carbonyl (C=O) groups excluding carboxylic acids is 1. The monoisotopic (exact) mass is 385 g/mol. The Kier molecular flexibility index (Phi) is 5.98. The van der Waals surface area contributed by atoms with Gasteiger partial charge in [0.1, 0.15) is 5.84 Å². The lowest BCUT2D eigenvalue weighted by Crippen LogP contribution is -2.47. The molecule has 1 aliphatic heterocycles. The number of piperazine rings is 1. The summed E-state index contributed by atoms with van der Waals surface area (Å²) in [5, 5.41) is 12.0. The van der Waals surface area contributed by atoms with Crippen LogP contribution in [0, 0.1) is 5.41 Å². The van der Waals surface area contributed by atoms with Crippen LogP contribution in [0.4, 0.5) is 5.69 Å². The highest BCUT2D eigenvalue weighted by Gasteiger charge is 2.19. The molecule has 1 saturated heterocycles. The molecule has 1 aliphatic rings. The van der Waals surface area contributed by atoms with Gasteiger partial charge in [-0.05, 0) is 42.9 Å². The van der Waals surface area contributed by atoms with Crippen LogP contribution in [0.5, 0.6) is 0 Å². The Morgan fingerprint density at radius 1 is 1.15 bits per heavy atom. The Labute approximate surface area is 164 Å². The Hall–Kier alpha value is -2.57. The van der Waals surface area contributed by atoms with E-state index in [9.17, 15) is 4.79 Å². The first-order valence-corrected chi connectivity index (χ1v) is 9.26. The van der Waals surface area contributed by atoms with Crippen molar-refractivity contribution in [1.82, 2.24) is 15.1 Å². The summed E-state index contributed by atoms with van der Waals surface area (Å²) < 4.78 is 0. The number of anilines is 1. The van der Waals surface area contributed by atoms with Gasteiger partial charge in [-0.25, -0.2) is 0 Å². The van der Waals surface area contributed by atoms with Crippen molar-refractivity contribution >= 4 is 29.0 Å². The molecule has 0 aliphatic carbocycles. The van der Waals surface area contributed by atoms with Crippen LogP contribution < -0.4 is 11.1 Å². The fourth-order valence-electron chi connectivity index (χ4n) is 3.01. The fourth-order valence-corrected chi connectivity index (χ4v) is 3.13. The summed E-state index contributed by atoms with van der Waals surface area (Å²) in [4.78, 5) is 16.7. The van der Waals surface area contributed by atoms with Crippen LogP contribution in [0.25, 0.3) is 0 Å². The van der Waals surface area contributed by atoms with E-state index < -0.39 is 0 Å². The van der Waals surface area contributed by atoms with Gasteiger partial charge in [0.15, 0.2) is 0 Å². The van der Waals surface area contributed by atoms with Gasteiger partial charge in [0.05, 0.1) is 0 Å². The van der Waals surface area contributed by atoms with Crippen LogP contribution in [0.2, 0.25) is 5.02 Å². The molecule has 3 rings (SSSR count). The van der Waals surface area contributed by atoms with Crippen LogP contribution >= 0.6 is 11.6 Å². The number of nitrogens with one attached hydrogen (secondary N) is 2. The number of carbonyl (C=O) groups is 1. The van der Waals surface area contributed by atoms with E-state index in [-0.39, 0.29) is 5.91 Å². The first-order valence-electron chi connectivity index (χ1n) is 8.88. The molecule has 0 saturated carbocycles. The van der Waals surface area contributed by atoms with E-state index in [1.807, 2.05) is 17.0 Å². The average molecular weight is 386 g/mol. The minimum Gasteiger partial charge on any atom is -0.398 e. The van der Waals surface area contributed by atoms with Crippen molar-refractivity contribution in [2.75, 3.05) is 39.0 Å². The zero-order valence-corrected chi connectivity index (χ0v) is 16.1. The fraction of sp³-hybridized carbons (Fsp3) is 0.300. The van der Waals surface area contributed by atoms with Crippen molar-refractivity contribution in [1.29, 1.82) is 5.41 Å². The van der Waals surface area contributed by atoms with Gasteiger partial charge in [-0.1, -0.05) is 23.7 Å². The Bertz CT molecular complexity index is 829. The summed E-state index contributed by atoms with van der Waals surface area (Å²) in [6.07, 6.45) is 0. The normalized spacial score (nSPS) is 14.8. The van der Waals surface area contributed by atoms with Gasteiger partial charge in [-0.15, -0.1) is 0 Å². The van der Waals surface area contributed by atoms with Crippen molar-refractivity contribution in [3.63, 3.8) is 0 Å². The molecule has 27 heavy (non-hydrogen) atoms. The van der Waals surface area contributed by atoms with Crippen LogP contribution in [-0.4, -0.2) is 54.8 Å². The zero-order valence-electron chi connectivity index (χ0n) is 15.3. The van der Waals surface area contributed by atoms with Crippen molar-refractivity contribution in [3.05, 3.63) is 64.2 Å². The number of hydrogen-bond donors (Lipinski definition) is 3. The molecule has 4 N–H and O–H groups in total. The van der Waals surface area contributed by atoms with Crippen molar-refractivity contribution < 1.29 is 4.79 Å². The molecule has 2 aromatic carbocycles. The van der Waals surface area contributed by atoms with Crippen LogP contribution in [-0.2, 0) is 6.54 Å². The lowest BCUT2D eigenvalue weighted by atomic mass is 10.1. The number of nitrogens with zero attached hydrogens (tertiary/aromatic N) is 2. The lowest BCUT2D eigenvalue weighted by Gasteiger charge is -2.34. The third kappa shape index (κ3) is 4.78. The number of halogens is 1. The summed E-state index contributed by atoms with van der Waals surface area (Å²) in [7, 11) is 2.08. The van der Waals surface area contributed by atoms with Gasteiger partial charge >= 0.3 is 0 Å². The minimum absolute atomic E-state index is 0.200. The quantitative estimate of drug-likeness (QED) is 0.428. The molecule has 7 heteroatoms. The summed E-state index contributed by atoms with van der Waals surface area (Å²) in [5.41, 5.74) is 8.70. The molecular weight excluding hydrogens is 362 g/mol. The van der Waals surface area contributed by atoms with Gasteiger partial charge in [-0.2, -0.15) is 0 Å². The number of likely N-dealkylation sites (N-methyl/N-ethyl adjacent to an activating group) is 1. The molecule has 1 amide bonds. The second-order valence-corrected chi connectivity index (χ2v) is 7.19. The molecule has 0 radical (unpaired) electrons. The lowest BCUT2D eigenvalue weighted by molar-refractivity contribution is 0.0951. The second-order valence-electron chi connectivity index (χ2n) is 6.75. The summed E-state index contributed by atoms with van der Waals surface area (Å²) in [6, 6.07) is 12.4. The van der Waals surface area contributed by atoms with Gasteiger partial charge < -0.3 is 20.9 Å². The highest BCUT2D eigenvalue weighted by Crippen LogP contribution is 2.18. The molecule has 0 atom stereocenters. The summed E-state index contributed by atoms with van der Waals surface area (Å²) in [6.45, 7) is 3.87. The summed E-state index contributed by atoms with van der Waals surface area (Å²) >= 11 is 5.87. The molecule has 142 valence electrons. The first-order chi connectivity index (χ1) is 12.9. The highest BCUT2D eigenvalue weighted by atomic mass is 35.5. The van der Waals surface area contributed by atoms with E-state index in [4.69, 9.17) is 22.7 Å². The number of amides is 1. The number of hydrogen-bond acceptors (Lipinski definition) is 4. The Morgan fingerprint density at radius 2 is 1.81 bits per heavy atom. The molecule has 0 bridgehead atoms. The molecule has 0 aromatic heterocycles. The highest BCUT2D eigenvalue weighted by molar-refractivity contribution is 6.30. The van der Waals surface area contributed by atoms with Crippen LogP contribution in [0.3, 0.4) is 0 Å². The van der Waals surface area contributed by atoms with Gasteiger partial charge in [0.2, 0.25) is 0 Å². The number of rotatable bonds is 4. The number of nitrogens with two attached hydrogens (primary N) is 1. The molecule has 1 heterocycles. The maximum atomic E-state index is 12.4. The zero-order chi connectivity index (χ0) is 19.4. The standard InChI is InChI=1S/C20H24ClN5O/c1-25-8-10-26(11-9-25)19(23)17-7-4-15(12-18(17)22)20(27)24-13-14-2-5-16(21)6-3-14/h2-7,12,23H,8-11,13,22H2,1H3,(H,24,27). The SMILES string of the molecule is CN1CCN(C(=N)c2ccc(C(=O)NCc3ccc(Cl)cc3)cc2N)CC1. The Balaban J connectivity index is 1.64. The molecule has 0 spiro atoms. The van der Waals surface area contributed by atoms with Gasteiger partial charge in [-0.3, -0.25) is 10.2 Å². The van der Waals surface area contributed by atoms with E-state index in [1.165, 1.54) is 0 Å². The Morgan fingerprint density at radius 3 is 2.44 bits per heavy atom. The van der Waals surface area contributed by atoms with Crippen LogP contribution in [0.15, 0.2) is 42.5 Å². The van der Waals surface area contributed by atoms with E-state index in [0.717, 1.165) is 31.7 Å². The van der Waals surface area contributed by atoms with E-state index in [1.54, 1.807) is 30.3 Å². The smallest absolute Gasteiger partial charge is 0.251 e. The molecule has 0 unspecified atom stereocenters. The predicted molar refractivity (Wildman–Crippen MR) is 109 cm³/mol. The average Bonchev–Trinajstić information content (AvgIpc) is 2.67. The minimum atomic E-state index is -0.200. The predicted octanol–water partition coefficient (Wildman–Crippen LogP) is 2.42. The maximum absolute atomic E-state index is 12.4. The van der Waals surface area contributed by atoms with Crippen molar-refractivity contribution in [2.24, 2.45) is 0 Å². The van der Waals surface area contributed by atoms with E-state index in [2.05, 4.69) is 17.3 Å². The van der Waals surface area contributed by atoms with E-state index in [0.29, 0.717) is 34.2 Å². The van der Waals surface area contributed by atoms with Crippen molar-refractivity contribution in [2.45, 2.75) is 6.54 Å². The second kappa shape index (κ2) is 8.41. The number of benzene rings is 2. The molecule has 6 nitrogen and oxygen atoms in total. The maximum Gasteiger partial charge on any atom is 0.251 e. The van der Waals surface area contributed by atoms with E-state index >= 15 is 0 Å². The topological polar surface area (TPSA) is 85.5 Å². The molecular formula is C20H24ClN5O. The van der Waals surface area contributed by atoms with Gasteiger partial charge in [0.25, 0.3) is 5.91 Å². The molecule has 2 aromatic rings. The number of amidine groups is 1. The number of nitrogen functional groups attached to an aromatic ring is 1. The van der Waals surface area contributed by atoms with Crippen molar-refractivity contribution in [3.8, 4) is 0 Å². The molecule has 1 fully saturated rings. The largest absolute Gasteiger partial charge is 0.398 e. The van der Waals surface area contributed by atoms with Gasteiger partial charge in [0, 0.05) is 54.6 Å². The van der Waals surface area contributed by atoms with Crippen LogP contribution in [0.1, 0.15) is 21.5 Å². The third-order valence-electron chi connectivity index (χ3n) is 4.75.